The third kappa shape index (κ3) is 4.84. The van der Waals surface area contributed by atoms with Crippen LogP contribution in [0.5, 0.6) is 0 Å². The van der Waals surface area contributed by atoms with Crippen molar-refractivity contribution in [3.05, 3.63) is 18.1 Å². The molecule has 0 aliphatic rings. The van der Waals surface area contributed by atoms with Crippen molar-refractivity contribution in [2.45, 2.75) is 33.3 Å². The van der Waals surface area contributed by atoms with Crippen molar-refractivity contribution in [3.63, 3.8) is 0 Å². The van der Waals surface area contributed by atoms with Crippen molar-refractivity contribution in [1.82, 2.24) is 9.97 Å². The highest BCUT2D eigenvalue weighted by Gasteiger charge is 2.04. The maximum Gasteiger partial charge on any atom is 0.227 e. The fourth-order valence-electron chi connectivity index (χ4n) is 1.05. The first-order valence-electron chi connectivity index (χ1n) is 5.28. The summed E-state index contributed by atoms with van der Waals surface area (Å²) in [6, 6.07) is 0. The van der Waals surface area contributed by atoms with Crippen LogP contribution in [0.4, 0.5) is 5.82 Å². The van der Waals surface area contributed by atoms with E-state index in [4.69, 9.17) is 4.74 Å². The molecule has 0 fully saturated rings. The summed E-state index contributed by atoms with van der Waals surface area (Å²) >= 11 is 0. The van der Waals surface area contributed by atoms with Crippen LogP contribution in [0.15, 0.2) is 12.4 Å². The molecule has 0 unspecified atom stereocenters. The third-order valence-corrected chi connectivity index (χ3v) is 1.83. The van der Waals surface area contributed by atoms with Crippen molar-refractivity contribution in [2.24, 2.45) is 0 Å². The number of hydrogen-bond donors (Lipinski definition) is 1. The summed E-state index contributed by atoms with van der Waals surface area (Å²) in [4.78, 5) is 19.5. The molecular weight excluding hydrogens is 206 g/mol. The van der Waals surface area contributed by atoms with Crippen molar-refractivity contribution in [2.75, 3.05) is 11.9 Å². The van der Waals surface area contributed by atoms with Gasteiger partial charge in [0.15, 0.2) is 5.82 Å². The topological polar surface area (TPSA) is 64.1 Å². The second kappa shape index (κ2) is 6.17. The minimum absolute atomic E-state index is 0.112. The van der Waals surface area contributed by atoms with Crippen LogP contribution in [0, 0.1) is 6.92 Å². The van der Waals surface area contributed by atoms with E-state index in [-0.39, 0.29) is 12.0 Å². The summed E-state index contributed by atoms with van der Waals surface area (Å²) in [6.45, 7) is 6.13. The van der Waals surface area contributed by atoms with Crippen LogP contribution in [0.1, 0.15) is 26.0 Å². The normalized spacial score (nSPS) is 10.5. The van der Waals surface area contributed by atoms with Crippen LogP contribution in [0.3, 0.4) is 0 Å². The number of ether oxygens (including phenoxy) is 1. The zero-order chi connectivity index (χ0) is 12.0. The van der Waals surface area contributed by atoms with E-state index in [0.29, 0.717) is 18.8 Å². The minimum atomic E-state index is -0.112. The molecule has 5 nitrogen and oxygen atoms in total. The molecular formula is C11H17N3O2. The first-order chi connectivity index (χ1) is 7.58. The van der Waals surface area contributed by atoms with Crippen molar-refractivity contribution >= 4 is 11.7 Å². The monoisotopic (exact) mass is 223 g/mol. The van der Waals surface area contributed by atoms with Gasteiger partial charge in [-0.1, -0.05) is 0 Å². The van der Waals surface area contributed by atoms with Gasteiger partial charge in [0.2, 0.25) is 5.91 Å². The molecule has 5 heteroatoms. The lowest BCUT2D eigenvalue weighted by Gasteiger charge is -2.07. The molecule has 0 saturated heterocycles. The van der Waals surface area contributed by atoms with Gasteiger partial charge in [-0.25, -0.2) is 4.98 Å². The molecule has 16 heavy (non-hydrogen) atoms. The molecule has 1 amide bonds. The SMILES string of the molecule is Cc1cnc(NC(=O)CCOC(C)C)cn1. The summed E-state index contributed by atoms with van der Waals surface area (Å²) in [6.07, 6.45) is 3.62. The molecule has 0 atom stereocenters. The van der Waals surface area contributed by atoms with Crippen molar-refractivity contribution in [1.29, 1.82) is 0 Å². The molecule has 0 aliphatic carbocycles. The number of anilines is 1. The van der Waals surface area contributed by atoms with E-state index in [1.54, 1.807) is 6.20 Å². The first kappa shape index (κ1) is 12.6. The zero-order valence-electron chi connectivity index (χ0n) is 9.86. The Kier molecular flexibility index (Phi) is 4.85. The Bertz CT molecular complexity index is 336. The van der Waals surface area contributed by atoms with E-state index < -0.39 is 0 Å². The molecule has 0 saturated carbocycles. The predicted molar refractivity (Wildman–Crippen MR) is 61.1 cm³/mol. The van der Waals surface area contributed by atoms with Crippen LogP contribution in [0.2, 0.25) is 0 Å². The molecule has 1 rings (SSSR count). The quantitative estimate of drug-likeness (QED) is 0.822. The van der Waals surface area contributed by atoms with Gasteiger partial charge in [-0.3, -0.25) is 9.78 Å². The van der Waals surface area contributed by atoms with Gasteiger partial charge in [0, 0.05) is 0 Å². The molecule has 1 aromatic rings. The van der Waals surface area contributed by atoms with Gasteiger partial charge in [-0.2, -0.15) is 0 Å². The Balaban J connectivity index is 2.31. The highest BCUT2D eigenvalue weighted by atomic mass is 16.5. The zero-order valence-corrected chi connectivity index (χ0v) is 9.86. The standard InChI is InChI=1S/C11H17N3O2/c1-8(2)16-5-4-11(15)14-10-7-12-9(3)6-13-10/h6-8H,4-5H2,1-3H3,(H,13,14,15). The smallest absolute Gasteiger partial charge is 0.227 e. The van der Waals surface area contributed by atoms with Crippen LogP contribution in [-0.2, 0) is 9.53 Å². The Labute approximate surface area is 95.3 Å². The summed E-state index contributed by atoms with van der Waals surface area (Å²) < 4.78 is 5.27. The number of rotatable bonds is 5. The Morgan fingerprint density at radius 3 is 2.75 bits per heavy atom. The molecule has 0 aromatic carbocycles. The highest BCUT2D eigenvalue weighted by Crippen LogP contribution is 2.01. The number of aryl methyl sites for hydroxylation is 1. The molecule has 1 heterocycles. The van der Waals surface area contributed by atoms with Gasteiger partial charge in [0.05, 0.1) is 37.2 Å². The molecule has 1 aromatic heterocycles. The van der Waals surface area contributed by atoms with E-state index in [0.717, 1.165) is 5.69 Å². The number of hydrogen-bond acceptors (Lipinski definition) is 4. The van der Waals surface area contributed by atoms with Crippen LogP contribution in [0.25, 0.3) is 0 Å². The summed E-state index contributed by atoms with van der Waals surface area (Å²) in [5.74, 6) is 0.360. The van der Waals surface area contributed by atoms with Crippen LogP contribution in [-0.4, -0.2) is 28.6 Å². The Morgan fingerprint density at radius 1 is 1.44 bits per heavy atom. The molecule has 0 aliphatic heterocycles. The number of nitrogens with zero attached hydrogens (tertiary/aromatic N) is 2. The maximum absolute atomic E-state index is 11.4. The van der Waals surface area contributed by atoms with Gasteiger partial charge >= 0.3 is 0 Å². The first-order valence-corrected chi connectivity index (χ1v) is 5.28. The maximum atomic E-state index is 11.4. The average molecular weight is 223 g/mol. The molecule has 1 N–H and O–H groups in total. The molecule has 0 bridgehead atoms. The van der Waals surface area contributed by atoms with Crippen LogP contribution >= 0.6 is 0 Å². The van der Waals surface area contributed by atoms with Gasteiger partial charge in [-0.15, -0.1) is 0 Å². The number of nitrogens with one attached hydrogen (secondary N) is 1. The second-order valence-electron chi connectivity index (χ2n) is 3.76. The van der Waals surface area contributed by atoms with E-state index >= 15 is 0 Å². The van der Waals surface area contributed by atoms with Crippen LogP contribution < -0.4 is 5.32 Å². The van der Waals surface area contributed by atoms with E-state index in [2.05, 4.69) is 15.3 Å². The Hall–Kier alpha value is -1.49. The third-order valence-electron chi connectivity index (χ3n) is 1.83. The lowest BCUT2D eigenvalue weighted by Crippen LogP contribution is -2.16. The summed E-state index contributed by atoms with van der Waals surface area (Å²) in [5.41, 5.74) is 0.821. The van der Waals surface area contributed by atoms with Crippen molar-refractivity contribution in [3.8, 4) is 0 Å². The number of aromatic nitrogens is 2. The molecule has 88 valence electrons. The fourth-order valence-corrected chi connectivity index (χ4v) is 1.05. The molecule has 0 spiro atoms. The fraction of sp³-hybridized carbons (Fsp3) is 0.545. The van der Waals surface area contributed by atoms with Gasteiger partial charge < -0.3 is 10.1 Å². The average Bonchev–Trinajstić information content (AvgIpc) is 2.21. The highest BCUT2D eigenvalue weighted by molar-refractivity contribution is 5.89. The van der Waals surface area contributed by atoms with Crippen molar-refractivity contribution < 1.29 is 9.53 Å². The van der Waals surface area contributed by atoms with E-state index in [1.165, 1.54) is 6.20 Å². The molecule has 0 radical (unpaired) electrons. The predicted octanol–water partition coefficient (Wildman–Crippen LogP) is 1.54. The number of carbonyl (C=O) groups is 1. The summed E-state index contributed by atoms with van der Waals surface area (Å²) in [7, 11) is 0. The lowest BCUT2D eigenvalue weighted by molar-refractivity contribution is -0.117. The number of carbonyl (C=O) groups excluding carboxylic acids is 1. The minimum Gasteiger partial charge on any atom is -0.378 e. The lowest BCUT2D eigenvalue weighted by atomic mass is 10.4. The van der Waals surface area contributed by atoms with E-state index in [1.807, 2.05) is 20.8 Å². The van der Waals surface area contributed by atoms with E-state index in [9.17, 15) is 4.79 Å². The Morgan fingerprint density at radius 2 is 2.19 bits per heavy atom. The second-order valence-corrected chi connectivity index (χ2v) is 3.76. The summed E-state index contributed by atoms with van der Waals surface area (Å²) in [5, 5.41) is 2.65. The van der Waals surface area contributed by atoms with Gasteiger partial charge in [0.25, 0.3) is 0 Å². The van der Waals surface area contributed by atoms with Gasteiger partial charge in [-0.05, 0) is 20.8 Å². The van der Waals surface area contributed by atoms with Gasteiger partial charge in [0.1, 0.15) is 0 Å². The number of amides is 1. The largest absolute Gasteiger partial charge is 0.378 e.